The molecule has 0 spiro atoms. The normalized spacial score (nSPS) is 18.9. The number of carboxylic acid groups (broad SMARTS) is 1. The number of nitrogens with one attached hydrogen (secondary N) is 2. The van der Waals surface area contributed by atoms with Gasteiger partial charge in [0.25, 0.3) is 16.0 Å². The summed E-state index contributed by atoms with van der Waals surface area (Å²) in [4.78, 5) is 27.0. The second kappa shape index (κ2) is 5.80. The number of aromatic carboxylic acids is 1. The van der Waals surface area contributed by atoms with E-state index in [1.807, 2.05) is 0 Å². The van der Waals surface area contributed by atoms with E-state index in [9.17, 15) is 23.1 Å². The van der Waals surface area contributed by atoms with Crippen molar-refractivity contribution in [2.24, 2.45) is 0 Å². The van der Waals surface area contributed by atoms with Crippen molar-refractivity contribution < 1.29 is 27.3 Å². The number of aryl methyl sites for hydroxylation is 1. The van der Waals surface area contributed by atoms with Gasteiger partial charge in [0.1, 0.15) is 0 Å². The van der Waals surface area contributed by atoms with Crippen molar-refractivity contribution in [2.45, 2.75) is 25.2 Å². The highest BCUT2D eigenvalue weighted by Gasteiger charge is 2.34. The molecule has 3 heterocycles. The van der Waals surface area contributed by atoms with Crippen LogP contribution < -0.4 is 5.32 Å². The molecule has 0 unspecified atom stereocenters. The Labute approximate surface area is 155 Å². The zero-order chi connectivity index (χ0) is 19.5. The summed E-state index contributed by atoms with van der Waals surface area (Å²) in [5.41, 5.74) is 3.52. The Morgan fingerprint density at radius 2 is 2.04 bits per heavy atom. The predicted molar refractivity (Wildman–Crippen MR) is 97.0 cm³/mol. The summed E-state index contributed by atoms with van der Waals surface area (Å²) in [6, 6.07) is 2.97. The molecule has 9 heteroatoms. The van der Waals surface area contributed by atoms with E-state index in [0.717, 1.165) is 0 Å². The van der Waals surface area contributed by atoms with Gasteiger partial charge in [-0.15, -0.1) is 0 Å². The van der Waals surface area contributed by atoms with Crippen LogP contribution in [0.1, 0.15) is 38.4 Å². The fraction of sp³-hybridized carbons (Fsp3) is 0.222. The lowest BCUT2D eigenvalue weighted by Gasteiger charge is -2.19. The number of hydrogen-bond donors (Lipinski definition) is 3. The van der Waals surface area contributed by atoms with Crippen molar-refractivity contribution in [3.05, 3.63) is 45.8 Å². The fourth-order valence-corrected chi connectivity index (χ4v) is 4.83. The van der Waals surface area contributed by atoms with Gasteiger partial charge in [-0.05, 0) is 49.6 Å². The number of rotatable bonds is 2. The van der Waals surface area contributed by atoms with Crippen LogP contribution in [-0.4, -0.2) is 37.0 Å². The van der Waals surface area contributed by atoms with Gasteiger partial charge in [0, 0.05) is 22.6 Å². The van der Waals surface area contributed by atoms with Gasteiger partial charge < -0.3 is 15.4 Å². The number of aromatic nitrogens is 1. The Kier molecular flexibility index (Phi) is 3.76. The first-order valence-corrected chi connectivity index (χ1v) is 9.62. The number of carbonyl (C=O) groups is 2. The summed E-state index contributed by atoms with van der Waals surface area (Å²) in [5, 5.41) is 12.1. The molecule has 2 aromatic rings. The van der Waals surface area contributed by atoms with Crippen LogP contribution in [0, 0.1) is 13.8 Å². The number of benzene rings is 1. The molecule has 2 aliphatic rings. The van der Waals surface area contributed by atoms with E-state index >= 15 is 0 Å². The summed E-state index contributed by atoms with van der Waals surface area (Å²) in [6.45, 7) is 3.32. The van der Waals surface area contributed by atoms with Crippen molar-refractivity contribution in [3.8, 4) is 0 Å². The lowest BCUT2D eigenvalue weighted by molar-refractivity contribution is -0.110. The number of carbonyl (C=O) groups excluding carboxylic acids is 1. The average Bonchev–Trinajstić information content (AvgIpc) is 3.04. The standard InChI is InChI=1S/C18H16N2O6S/c1-8-13(19-9(2)15(8)18(22)23)7-11-16-10-5-6-26-27(24,25)14(10)4-3-12(16)20-17(11)21/h3-4,7,19H,5-6H2,1-2H3,(H,20,21)(H,22,23)/b11-7-. The summed E-state index contributed by atoms with van der Waals surface area (Å²) in [6.07, 6.45) is 1.92. The van der Waals surface area contributed by atoms with Crippen molar-refractivity contribution in [1.82, 2.24) is 4.98 Å². The van der Waals surface area contributed by atoms with Crippen molar-refractivity contribution >= 4 is 39.3 Å². The highest BCUT2D eigenvalue weighted by molar-refractivity contribution is 7.86. The molecule has 1 aromatic carbocycles. The van der Waals surface area contributed by atoms with Gasteiger partial charge in [0.2, 0.25) is 0 Å². The Bertz CT molecular complexity index is 1160. The van der Waals surface area contributed by atoms with Gasteiger partial charge in [-0.2, -0.15) is 8.42 Å². The van der Waals surface area contributed by atoms with Gasteiger partial charge >= 0.3 is 5.97 Å². The molecule has 0 fully saturated rings. The lowest BCUT2D eigenvalue weighted by Crippen LogP contribution is -2.19. The molecular weight excluding hydrogens is 372 g/mol. The molecule has 1 aromatic heterocycles. The van der Waals surface area contributed by atoms with E-state index in [2.05, 4.69) is 10.3 Å². The van der Waals surface area contributed by atoms with Crippen LogP contribution >= 0.6 is 0 Å². The van der Waals surface area contributed by atoms with E-state index in [4.69, 9.17) is 4.18 Å². The monoisotopic (exact) mass is 388 g/mol. The molecular formula is C18H16N2O6S. The molecule has 0 aliphatic carbocycles. The molecule has 0 bridgehead atoms. The minimum atomic E-state index is -3.85. The lowest BCUT2D eigenvalue weighted by atomic mass is 9.97. The molecule has 0 saturated carbocycles. The number of amides is 1. The van der Waals surface area contributed by atoms with Crippen LogP contribution in [0.25, 0.3) is 11.6 Å². The van der Waals surface area contributed by atoms with Gasteiger partial charge in [0.15, 0.2) is 0 Å². The molecule has 8 nitrogen and oxygen atoms in total. The van der Waals surface area contributed by atoms with Crippen molar-refractivity contribution in [1.29, 1.82) is 0 Å². The highest BCUT2D eigenvalue weighted by Crippen LogP contribution is 2.41. The first kappa shape index (κ1) is 17.5. The molecule has 0 saturated heterocycles. The molecule has 0 radical (unpaired) electrons. The van der Waals surface area contributed by atoms with Gasteiger partial charge in [-0.1, -0.05) is 0 Å². The molecule has 1 amide bonds. The van der Waals surface area contributed by atoms with Crippen LogP contribution in [-0.2, 0) is 25.5 Å². The number of carboxylic acids is 1. The quantitative estimate of drug-likeness (QED) is 0.534. The Morgan fingerprint density at radius 3 is 2.70 bits per heavy atom. The van der Waals surface area contributed by atoms with Crippen LogP contribution in [0.5, 0.6) is 0 Å². The third kappa shape index (κ3) is 2.58. The minimum absolute atomic E-state index is 0.0110. The number of anilines is 1. The van der Waals surface area contributed by atoms with E-state index in [1.54, 1.807) is 19.9 Å². The zero-order valence-corrected chi connectivity index (χ0v) is 15.4. The zero-order valence-electron chi connectivity index (χ0n) is 14.5. The Hall–Kier alpha value is -2.91. The third-order valence-corrected chi connectivity index (χ3v) is 6.27. The largest absolute Gasteiger partial charge is 0.478 e. The van der Waals surface area contributed by atoms with Crippen LogP contribution in [0.4, 0.5) is 5.69 Å². The summed E-state index contributed by atoms with van der Waals surface area (Å²) >= 11 is 0. The minimum Gasteiger partial charge on any atom is -0.478 e. The second-order valence-electron chi connectivity index (χ2n) is 6.47. The van der Waals surface area contributed by atoms with Gasteiger partial charge in [-0.3, -0.25) is 8.98 Å². The molecule has 27 heavy (non-hydrogen) atoms. The summed E-state index contributed by atoms with van der Waals surface area (Å²) in [5.74, 6) is -1.42. The molecule has 0 atom stereocenters. The first-order chi connectivity index (χ1) is 12.7. The SMILES string of the molecule is Cc1[nH]c(/C=C2\C(=O)Nc3ccc4c(c32)CCOS4(=O)=O)c(C)c1C(=O)O. The van der Waals surface area contributed by atoms with Crippen LogP contribution in [0.2, 0.25) is 0 Å². The predicted octanol–water partition coefficient (Wildman–Crippen LogP) is 2.08. The van der Waals surface area contributed by atoms with Crippen molar-refractivity contribution in [3.63, 3.8) is 0 Å². The molecule has 140 valence electrons. The smallest absolute Gasteiger partial charge is 0.337 e. The number of H-pyrrole nitrogens is 1. The third-order valence-electron chi connectivity index (χ3n) is 4.87. The maximum atomic E-state index is 12.5. The summed E-state index contributed by atoms with van der Waals surface area (Å²) < 4.78 is 29.2. The Balaban J connectivity index is 1.94. The van der Waals surface area contributed by atoms with Crippen molar-refractivity contribution in [2.75, 3.05) is 11.9 Å². The van der Waals surface area contributed by atoms with Gasteiger partial charge in [0.05, 0.1) is 22.6 Å². The molecule has 4 rings (SSSR count). The maximum Gasteiger partial charge on any atom is 0.337 e. The average molecular weight is 388 g/mol. The first-order valence-electron chi connectivity index (χ1n) is 8.22. The number of hydrogen-bond acceptors (Lipinski definition) is 5. The van der Waals surface area contributed by atoms with E-state index in [-0.39, 0.29) is 23.0 Å². The van der Waals surface area contributed by atoms with E-state index in [1.165, 1.54) is 12.1 Å². The number of aromatic amines is 1. The van der Waals surface area contributed by atoms with Crippen LogP contribution in [0.15, 0.2) is 17.0 Å². The topological polar surface area (TPSA) is 126 Å². The molecule has 2 aliphatic heterocycles. The van der Waals surface area contributed by atoms with Crippen LogP contribution in [0.3, 0.4) is 0 Å². The maximum absolute atomic E-state index is 12.5. The Morgan fingerprint density at radius 1 is 1.30 bits per heavy atom. The highest BCUT2D eigenvalue weighted by atomic mass is 32.2. The van der Waals surface area contributed by atoms with Gasteiger partial charge in [-0.25, -0.2) is 4.79 Å². The summed E-state index contributed by atoms with van der Waals surface area (Å²) in [7, 11) is -3.85. The fourth-order valence-electron chi connectivity index (χ4n) is 3.66. The second-order valence-corrected chi connectivity index (χ2v) is 8.06. The van der Waals surface area contributed by atoms with E-state index < -0.39 is 16.1 Å². The number of fused-ring (bicyclic) bond motifs is 3. The molecule has 3 N–H and O–H groups in total. The van der Waals surface area contributed by atoms with E-state index in [0.29, 0.717) is 45.8 Å².